The maximum Gasteiger partial charge on any atom is 0.256 e. The number of rotatable bonds is 4. The molecule has 1 heterocycles. The van der Waals surface area contributed by atoms with Crippen LogP contribution in [0.5, 0.6) is 5.75 Å². The summed E-state index contributed by atoms with van der Waals surface area (Å²) in [5.74, 6) is 0.832. The number of piperazine rings is 1. The molecule has 0 saturated carbocycles. The highest BCUT2D eigenvalue weighted by molar-refractivity contribution is 6.30. The molecule has 0 atom stereocenters. The number of methoxy groups -OCH3 is 1. The van der Waals surface area contributed by atoms with Gasteiger partial charge in [0, 0.05) is 49.0 Å². The Morgan fingerprint density at radius 3 is 2.56 bits per heavy atom. The lowest BCUT2D eigenvalue weighted by Crippen LogP contribution is -2.48. The van der Waals surface area contributed by atoms with E-state index in [1.807, 2.05) is 35.2 Å². The fraction of sp³-hybridized carbons (Fsp3) is 0.316. The second kappa shape index (κ2) is 7.76. The molecule has 0 bridgehead atoms. The number of carbonyl (C=O) groups is 1. The van der Waals surface area contributed by atoms with Crippen molar-refractivity contribution in [3.63, 3.8) is 0 Å². The van der Waals surface area contributed by atoms with Crippen molar-refractivity contribution in [2.45, 2.75) is 6.54 Å². The zero-order valence-electron chi connectivity index (χ0n) is 14.2. The summed E-state index contributed by atoms with van der Waals surface area (Å²) in [4.78, 5) is 16.8. The average Bonchev–Trinajstić information content (AvgIpc) is 2.62. The Morgan fingerprint density at radius 1 is 1.16 bits per heavy atom. The third kappa shape index (κ3) is 4.06. The molecule has 5 nitrogen and oxygen atoms in total. The third-order valence-corrected chi connectivity index (χ3v) is 4.72. The summed E-state index contributed by atoms with van der Waals surface area (Å²) in [6.07, 6.45) is 0. The largest absolute Gasteiger partial charge is 0.496 e. The molecule has 6 heteroatoms. The van der Waals surface area contributed by atoms with Gasteiger partial charge in [0.2, 0.25) is 0 Å². The highest BCUT2D eigenvalue weighted by atomic mass is 35.5. The molecule has 2 aromatic rings. The molecule has 1 fully saturated rings. The van der Waals surface area contributed by atoms with Crippen molar-refractivity contribution in [3.05, 3.63) is 58.6 Å². The van der Waals surface area contributed by atoms with Crippen molar-refractivity contribution in [2.75, 3.05) is 39.0 Å². The van der Waals surface area contributed by atoms with Gasteiger partial charge in [-0.1, -0.05) is 23.7 Å². The SMILES string of the molecule is COc1ccc(Cl)cc1CN1CCN(C(=O)c2ccccc2N)CC1. The number of para-hydroxylation sites is 1. The first-order valence-electron chi connectivity index (χ1n) is 8.27. The van der Waals surface area contributed by atoms with E-state index in [1.165, 1.54) is 0 Å². The van der Waals surface area contributed by atoms with Crippen LogP contribution in [-0.4, -0.2) is 49.0 Å². The van der Waals surface area contributed by atoms with Crippen molar-refractivity contribution in [1.82, 2.24) is 9.80 Å². The first-order chi connectivity index (χ1) is 12.1. The monoisotopic (exact) mass is 359 g/mol. The summed E-state index contributed by atoms with van der Waals surface area (Å²) in [6.45, 7) is 3.70. The molecule has 2 N–H and O–H groups in total. The van der Waals surface area contributed by atoms with Gasteiger partial charge in [-0.2, -0.15) is 0 Å². The quantitative estimate of drug-likeness (QED) is 0.853. The summed E-state index contributed by atoms with van der Waals surface area (Å²) in [7, 11) is 1.66. The van der Waals surface area contributed by atoms with Crippen molar-refractivity contribution in [1.29, 1.82) is 0 Å². The standard InChI is InChI=1S/C19H22ClN3O2/c1-25-18-7-6-15(20)12-14(18)13-22-8-10-23(11-9-22)19(24)16-4-2-3-5-17(16)21/h2-7,12H,8-11,13,21H2,1H3. The fourth-order valence-electron chi connectivity index (χ4n) is 3.08. The van der Waals surface area contributed by atoms with E-state index in [2.05, 4.69) is 4.90 Å². The van der Waals surface area contributed by atoms with E-state index in [-0.39, 0.29) is 5.91 Å². The van der Waals surface area contributed by atoms with E-state index in [9.17, 15) is 4.79 Å². The Balaban J connectivity index is 1.62. The molecule has 1 aliphatic rings. The molecule has 1 aliphatic heterocycles. The number of anilines is 1. The molecule has 2 aromatic carbocycles. The molecule has 1 saturated heterocycles. The second-order valence-corrected chi connectivity index (χ2v) is 6.55. The minimum Gasteiger partial charge on any atom is -0.496 e. The molecular formula is C19H22ClN3O2. The molecule has 25 heavy (non-hydrogen) atoms. The third-order valence-electron chi connectivity index (χ3n) is 4.49. The molecule has 132 valence electrons. The smallest absolute Gasteiger partial charge is 0.256 e. The minimum absolute atomic E-state index is 0.00177. The highest BCUT2D eigenvalue weighted by Gasteiger charge is 2.23. The molecule has 0 unspecified atom stereocenters. The first-order valence-corrected chi connectivity index (χ1v) is 8.65. The molecule has 0 radical (unpaired) electrons. The maximum absolute atomic E-state index is 12.6. The topological polar surface area (TPSA) is 58.8 Å². The number of nitrogens with two attached hydrogens (primary N) is 1. The van der Waals surface area contributed by atoms with Crippen LogP contribution in [0.1, 0.15) is 15.9 Å². The lowest BCUT2D eigenvalue weighted by atomic mass is 10.1. The van der Waals surface area contributed by atoms with E-state index >= 15 is 0 Å². The molecule has 1 amide bonds. The molecule has 0 spiro atoms. The van der Waals surface area contributed by atoms with Crippen LogP contribution in [0, 0.1) is 0 Å². The number of halogens is 1. The predicted octanol–water partition coefficient (Wildman–Crippen LogP) is 2.89. The van der Waals surface area contributed by atoms with Crippen molar-refractivity contribution < 1.29 is 9.53 Å². The van der Waals surface area contributed by atoms with Gasteiger partial charge in [0.05, 0.1) is 12.7 Å². The van der Waals surface area contributed by atoms with Crippen LogP contribution in [0.3, 0.4) is 0 Å². The highest BCUT2D eigenvalue weighted by Crippen LogP contribution is 2.24. The molecular weight excluding hydrogens is 338 g/mol. The molecule has 0 aliphatic carbocycles. The number of hydrogen-bond acceptors (Lipinski definition) is 4. The van der Waals surface area contributed by atoms with Crippen LogP contribution in [0.4, 0.5) is 5.69 Å². The van der Waals surface area contributed by atoms with Crippen molar-refractivity contribution in [3.8, 4) is 5.75 Å². The van der Waals surface area contributed by atoms with Crippen LogP contribution >= 0.6 is 11.6 Å². The number of carbonyl (C=O) groups excluding carboxylic acids is 1. The summed E-state index contributed by atoms with van der Waals surface area (Å²) >= 11 is 6.10. The van der Waals surface area contributed by atoms with E-state index in [0.29, 0.717) is 29.4 Å². The Kier molecular flexibility index (Phi) is 5.46. The van der Waals surface area contributed by atoms with Gasteiger partial charge in [-0.05, 0) is 30.3 Å². The van der Waals surface area contributed by atoms with Crippen molar-refractivity contribution in [2.24, 2.45) is 0 Å². The second-order valence-electron chi connectivity index (χ2n) is 6.11. The fourth-order valence-corrected chi connectivity index (χ4v) is 3.28. The van der Waals surface area contributed by atoms with Gasteiger partial charge < -0.3 is 15.4 Å². The first kappa shape index (κ1) is 17.6. The van der Waals surface area contributed by atoms with Gasteiger partial charge in [-0.25, -0.2) is 0 Å². The normalized spacial score (nSPS) is 15.2. The Morgan fingerprint density at radius 2 is 1.88 bits per heavy atom. The van der Waals surface area contributed by atoms with Crippen LogP contribution in [0.2, 0.25) is 5.02 Å². The zero-order valence-corrected chi connectivity index (χ0v) is 15.0. The summed E-state index contributed by atoms with van der Waals surface area (Å²) < 4.78 is 5.41. The van der Waals surface area contributed by atoms with E-state index in [0.717, 1.165) is 30.9 Å². The van der Waals surface area contributed by atoms with E-state index in [1.54, 1.807) is 19.2 Å². The van der Waals surface area contributed by atoms with Crippen LogP contribution in [0.15, 0.2) is 42.5 Å². The van der Waals surface area contributed by atoms with Gasteiger partial charge in [0.25, 0.3) is 5.91 Å². The number of nitrogen functional groups attached to an aromatic ring is 1. The van der Waals surface area contributed by atoms with Gasteiger partial charge in [-0.3, -0.25) is 9.69 Å². The summed E-state index contributed by atoms with van der Waals surface area (Å²) in [6, 6.07) is 12.9. The average molecular weight is 360 g/mol. The maximum atomic E-state index is 12.6. The lowest BCUT2D eigenvalue weighted by Gasteiger charge is -2.35. The molecule has 3 rings (SSSR count). The van der Waals surface area contributed by atoms with Gasteiger partial charge in [-0.15, -0.1) is 0 Å². The van der Waals surface area contributed by atoms with Crippen LogP contribution < -0.4 is 10.5 Å². The summed E-state index contributed by atoms with van der Waals surface area (Å²) in [5.41, 5.74) is 8.08. The van der Waals surface area contributed by atoms with E-state index in [4.69, 9.17) is 22.1 Å². The van der Waals surface area contributed by atoms with Crippen molar-refractivity contribution >= 4 is 23.2 Å². The number of ether oxygens (including phenoxy) is 1. The lowest BCUT2D eigenvalue weighted by molar-refractivity contribution is 0.0628. The van der Waals surface area contributed by atoms with Gasteiger partial charge >= 0.3 is 0 Å². The summed E-state index contributed by atoms with van der Waals surface area (Å²) in [5, 5.41) is 0.698. The molecule has 0 aromatic heterocycles. The van der Waals surface area contributed by atoms with Crippen LogP contribution in [0.25, 0.3) is 0 Å². The number of amides is 1. The Labute approximate surface area is 152 Å². The van der Waals surface area contributed by atoms with Gasteiger partial charge in [0.1, 0.15) is 5.75 Å². The Hall–Kier alpha value is -2.24. The number of benzene rings is 2. The number of nitrogens with zero attached hydrogens (tertiary/aromatic N) is 2. The van der Waals surface area contributed by atoms with Crippen LogP contribution in [-0.2, 0) is 6.54 Å². The van der Waals surface area contributed by atoms with E-state index < -0.39 is 0 Å². The van der Waals surface area contributed by atoms with Gasteiger partial charge in [0.15, 0.2) is 0 Å². The Bertz CT molecular complexity index is 758. The number of hydrogen-bond donors (Lipinski definition) is 1. The zero-order chi connectivity index (χ0) is 17.8. The predicted molar refractivity (Wildman–Crippen MR) is 100 cm³/mol. The minimum atomic E-state index is -0.00177.